The average molecular weight is 314 g/mol. The molecule has 0 aliphatic carbocycles. The largest absolute Gasteiger partial charge is 0.492 e. The van der Waals surface area contributed by atoms with Crippen LogP contribution in [0, 0.1) is 0 Å². The van der Waals surface area contributed by atoms with Gasteiger partial charge in [0.2, 0.25) is 0 Å². The number of benzene rings is 1. The summed E-state index contributed by atoms with van der Waals surface area (Å²) in [6, 6.07) is 3.57. The van der Waals surface area contributed by atoms with Gasteiger partial charge in [0.25, 0.3) is 0 Å². The first-order valence-electron chi connectivity index (χ1n) is 6.41. The van der Waals surface area contributed by atoms with Crippen molar-refractivity contribution in [2.45, 2.75) is 19.5 Å². The molecule has 0 spiro atoms. The van der Waals surface area contributed by atoms with Gasteiger partial charge < -0.3 is 14.6 Å². The van der Waals surface area contributed by atoms with Crippen molar-refractivity contribution in [1.29, 1.82) is 0 Å². The number of halogens is 2. The van der Waals surface area contributed by atoms with Gasteiger partial charge in [-0.1, -0.05) is 23.2 Å². The lowest BCUT2D eigenvalue weighted by Crippen LogP contribution is -2.09. The molecule has 2 aromatic rings. The van der Waals surface area contributed by atoms with Gasteiger partial charge in [0.1, 0.15) is 5.75 Å². The molecule has 1 heterocycles. The molecule has 1 N–H and O–H groups in total. The van der Waals surface area contributed by atoms with Gasteiger partial charge in [0.05, 0.1) is 18.0 Å². The van der Waals surface area contributed by atoms with Gasteiger partial charge in [-0.25, -0.2) is 4.98 Å². The molecule has 0 saturated carbocycles. The van der Waals surface area contributed by atoms with E-state index < -0.39 is 0 Å². The van der Waals surface area contributed by atoms with E-state index in [1.807, 2.05) is 23.9 Å². The summed E-state index contributed by atoms with van der Waals surface area (Å²) in [5.74, 6) is 0.705. The predicted molar refractivity (Wildman–Crippen MR) is 81.6 cm³/mol. The number of nitrogens with one attached hydrogen (secondary N) is 1. The lowest BCUT2D eigenvalue weighted by atomic mass is 10.2. The highest BCUT2D eigenvalue weighted by atomic mass is 35.5. The highest BCUT2D eigenvalue weighted by Crippen LogP contribution is 2.32. The van der Waals surface area contributed by atoms with Crippen LogP contribution >= 0.6 is 23.2 Å². The van der Waals surface area contributed by atoms with Crippen LogP contribution in [0.5, 0.6) is 5.75 Å². The summed E-state index contributed by atoms with van der Waals surface area (Å²) in [6.07, 6.45) is 6.37. The van der Waals surface area contributed by atoms with Crippen molar-refractivity contribution in [3.8, 4) is 5.75 Å². The number of rotatable bonds is 7. The van der Waals surface area contributed by atoms with Crippen molar-refractivity contribution in [3.63, 3.8) is 0 Å². The predicted octanol–water partition coefficient (Wildman–Crippen LogP) is 3.38. The second-order valence-electron chi connectivity index (χ2n) is 4.41. The monoisotopic (exact) mass is 313 g/mol. The molecule has 0 amide bonds. The Kier molecular flexibility index (Phi) is 5.71. The number of ether oxygens (including phenoxy) is 1. The molecule has 1 aromatic heterocycles. The Bertz CT molecular complexity index is 544. The third-order valence-electron chi connectivity index (χ3n) is 2.82. The van der Waals surface area contributed by atoms with E-state index in [2.05, 4.69) is 10.3 Å². The maximum absolute atomic E-state index is 6.20. The fourth-order valence-corrected chi connectivity index (χ4v) is 2.53. The number of hydrogen-bond donors (Lipinski definition) is 1. The van der Waals surface area contributed by atoms with Gasteiger partial charge in [-0.05, 0) is 25.6 Å². The van der Waals surface area contributed by atoms with Crippen LogP contribution in [0.1, 0.15) is 12.0 Å². The minimum Gasteiger partial charge on any atom is -0.492 e. The van der Waals surface area contributed by atoms with E-state index in [1.54, 1.807) is 18.6 Å². The van der Waals surface area contributed by atoms with Crippen LogP contribution in [-0.2, 0) is 13.1 Å². The second kappa shape index (κ2) is 7.53. The summed E-state index contributed by atoms with van der Waals surface area (Å²) in [7, 11) is 1.87. The second-order valence-corrected chi connectivity index (χ2v) is 5.25. The Labute approximate surface area is 128 Å². The summed E-state index contributed by atoms with van der Waals surface area (Å²) in [5, 5.41) is 4.25. The van der Waals surface area contributed by atoms with Crippen LogP contribution in [0.2, 0.25) is 10.0 Å². The normalized spacial score (nSPS) is 10.8. The van der Waals surface area contributed by atoms with Crippen LogP contribution in [0.3, 0.4) is 0 Å². The highest BCUT2D eigenvalue weighted by molar-refractivity contribution is 6.35. The molecule has 0 aliphatic rings. The summed E-state index contributed by atoms with van der Waals surface area (Å²) in [6.45, 7) is 2.12. The molecule has 0 atom stereocenters. The quantitative estimate of drug-likeness (QED) is 0.796. The van der Waals surface area contributed by atoms with E-state index in [-0.39, 0.29) is 0 Å². The first-order chi connectivity index (χ1) is 9.70. The van der Waals surface area contributed by atoms with Gasteiger partial charge in [0, 0.05) is 36.1 Å². The van der Waals surface area contributed by atoms with E-state index in [0.29, 0.717) is 28.9 Å². The lowest BCUT2D eigenvalue weighted by Gasteiger charge is -2.14. The van der Waals surface area contributed by atoms with Gasteiger partial charge in [-0.15, -0.1) is 0 Å². The fourth-order valence-electron chi connectivity index (χ4n) is 1.94. The van der Waals surface area contributed by atoms with Gasteiger partial charge in [-0.2, -0.15) is 0 Å². The first kappa shape index (κ1) is 15.2. The topological polar surface area (TPSA) is 39.1 Å². The van der Waals surface area contributed by atoms with E-state index in [1.165, 1.54) is 0 Å². The Morgan fingerprint density at radius 1 is 1.35 bits per heavy atom. The van der Waals surface area contributed by atoms with E-state index in [0.717, 1.165) is 18.5 Å². The van der Waals surface area contributed by atoms with Crippen molar-refractivity contribution < 1.29 is 4.74 Å². The zero-order valence-electron chi connectivity index (χ0n) is 11.3. The number of imidazole rings is 1. The van der Waals surface area contributed by atoms with Crippen molar-refractivity contribution in [2.24, 2.45) is 0 Å². The third kappa shape index (κ3) is 4.13. The van der Waals surface area contributed by atoms with Crippen LogP contribution in [-0.4, -0.2) is 23.2 Å². The van der Waals surface area contributed by atoms with Gasteiger partial charge in [0.15, 0.2) is 0 Å². The zero-order chi connectivity index (χ0) is 14.4. The molecule has 2 rings (SSSR count). The van der Waals surface area contributed by atoms with Crippen molar-refractivity contribution in [1.82, 2.24) is 14.9 Å². The van der Waals surface area contributed by atoms with E-state index in [9.17, 15) is 0 Å². The number of hydrogen-bond acceptors (Lipinski definition) is 3. The maximum atomic E-state index is 6.20. The average Bonchev–Trinajstić information content (AvgIpc) is 2.90. The number of aromatic nitrogens is 2. The van der Waals surface area contributed by atoms with E-state index >= 15 is 0 Å². The zero-order valence-corrected chi connectivity index (χ0v) is 12.8. The molecular formula is C14H17Cl2N3O. The molecule has 0 bridgehead atoms. The van der Waals surface area contributed by atoms with Crippen LogP contribution in [0.4, 0.5) is 0 Å². The van der Waals surface area contributed by atoms with Gasteiger partial charge in [-0.3, -0.25) is 0 Å². The Hall–Kier alpha value is -1.23. The molecule has 108 valence electrons. The minimum atomic E-state index is 0.547. The van der Waals surface area contributed by atoms with Crippen LogP contribution < -0.4 is 10.1 Å². The van der Waals surface area contributed by atoms with E-state index in [4.69, 9.17) is 27.9 Å². The summed E-state index contributed by atoms with van der Waals surface area (Å²) >= 11 is 12.2. The first-order valence-corrected chi connectivity index (χ1v) is 7.17. The molecule has 1 aromatic carbocycles. The molecule has 20 heavy (non-hydrogen) atoms. The van der Waals surface area contributed by atoms with Crippen molar-refractivity contribution >= 4 is 23.2 Å². The van der Waals surface area contributed by atoms with Crippen molar-refractivity contribution in [3.05, 3.63) is 46.5 Å². The van der Waals surface area contributed by atoms with Gasteiger partial charge >= 0.3 is 0 Å². The summed E-state index contributed by atoms with van der Waals surface area (Å²) < 4.78 is 7.82. The Balaban J connectivity index is 1.94. The molecule has 0 saturated heterocycles. The summed E-state index contributed by atoms with van der Waals surface area (Å²) in [5.41, 5.74) is 0.965. The molecule has 0 radical (unpaired) electrons. The fraction of sp³-hybridized carbons (Fsp3) is 0.357. The molecule has 0 aliphatic heterocycles. The molecule has 6 heteroatoms. The maximum Gasteiger partial charge on any atom is 0.142 e. The highest BCUT2D eigenvalue weighted by Gasteiger charge is 2.10. The van der Waals surface area contributed by atoms with Crippen molar-refractivity contribution in [2.75, 3.05) is 13.7 Å². The standard InChI is InChI=1S/C14H17Cl2N3O/c1-17-9-11-7-12(15)8-13(16)14(11)20-6-2-4-19-5-3-18-10-19/h3,5,7-8,10,17H,2,4,6,9H2,1H3. The molecule has 0 fully saturated rings. The Morgan fingerprint density at radius 3 is 2.90 bits per heavy atom. The number of nitrogens with zero attached hydrogens (tertiary/aromatic N) is 2. The Morgan fingerprint density at radius 2 is 2.20 bits per heavy atom. The number of aryl methyl sites for hydroxylation is 1. The van der Waals surface area contributed by atoms with Crippen LogP contribution in [0.25, 0.3) is 0 Å². The van der Waals surface area contributed by atoms with Crippen LogP contribution in [0.15, 0.2) is 30.9 Å². The molecule has 0 unspecified atom stereocenters. The molecular weight excluding hydrogens is 297 g/mol. The SMILES string of the molecule is CNCc1cc(Cl)cc(Cl)c1OCCCn1ccnc1. The third-order valence-corrected chi connectivity index (χ3v) is 3.32. The molecule has 4 nitrogen and oxygen atoms in total. The lowest BCUT2D eigenvalue weighted by molar-refractivity contribution is 0.298. The summed E-state index contributed by atoms with van der Waals surface area (Å²) in [4.78, 5) is 4.00. The smallest absolute Gasteiger partial charge is 0.142 e. The minimum absolute atomic E-state index is 0.547.